The second-order valence-electron chi connectivity index (χ2n) is 2.85. The van der Waals surface area contributed by atoms with Crippen molar-refractivity contribution in [2.24, 2.45) is 5.73 Å². The fourth-order valence-electron chi connectivity index (χ4n) is 1.28. The van der Waals surface area contributed by atoms with E-state index in [1.54, 1.807) is 23.0 Å². The van der Waals surface area contributed by atoms with Crippen LogP contribution in [0, 0.1) is 0 Å². The van der Waals surface area contributed by atoms with Crippen LogP contribution in [-0.2, 0) is 0 Å². The highest BCUT2D eigenvalue weighted by Gasteiger charge is 2.15. The van der Waals surface area contributed by atoms with Crippen molar-refractivity contribution in [3.63, 3.8) is 0 Å². The molecule has 3 N–H and O–H groups in total. The third-order valence-corrected chi connectivity index (χ3v) is 2.24. The van der Waals surface area contributed by atoms with Crippen molar-refractivity contribution in [2.45, 2.75) is 6.10 Å². The Morgan fingerprint density at radius 1 is 1.64 bits per heavy atom. The van der Waals surface area contributed by atoms with Gasteiger partial charge in [0.1, 0.15) is 6.10 Å². The molecule has 1 atom stereocenters. The molecule has 0 saturated heterocycles. The van der Waals surface area contributed by atoms with Gasteiger partial charge in [-0.05, 0) is 11.6 Å². The van der Waals surface area contributed by atoms with Crippen LogP contribution in [0.3, 0.4) is 0 Å². The first-order valence-corrected chi connectivity index (χ1v) is 4.47. The maximum Gasteiger partial charge on any atom is 0.207 e. The number of aromatic nitrogens is 3. The number of nitrogens with zero attached hydrogens (tertiary/aromatic N) is 3. The normalized spacial score (nSPS) is 13.4. The van der Waals surface area contributed by atoms with E-state index in [0.717, 1.165) is 0 Å². The summed E-state index contributed by atoms with van der Waals surface area (Å²) in [6.07, 6.45) is 4.06. The first kappa shape index (κ1) is 9.39. The lowest BCUT2D eigenvalue weighted by Crippen LogP contribution is -2.12. The highest BCUT2D eigenvalue weighted by Crippen LogP contribution is 2.20. The molecule has 14 heavy (non-hydrogen) atoms. The molecule has 0 bridgehead atoms. The number of nitrogens with two attached hydrogens (primary N) is 1. The number of aliphatic hydroxyl groups excluding tert-OH is 1. The summed E-state index contributed by atoms with van der Waals surface area (Å²) in [5.74, 6) is 0. The zero-order chi connectivity index (χ0) is 10.1. The summed E-state index contributed by atoms with van der Waals surface area (Å²) in [7, 11) is 0. The van der Waals surface area contributed by atoms with Crippen molar-refractivity contribution in [3.05, 3.63) is 29.6 Å². The Bertz CT molecular complexity index is 456. The molecule has 0 aliphatic rings. The third-order valence-electron chi connectivity index (χ3n) is 1.97. The van der Waals surface area contributed by atoms with Gasteiger partial charge in [-0.25, -0.2) is 4.98 Å². The Hall–Kier alpha value is -1.17. The van der Waals surface area contributed by atoms with Crippen LogP contribution in [0.25, 0.3) is 5.52 Å². The molecule has 0 aliphatic carbocycles. The van der Waals surface area contributed by atoms with Crippen LogP contribution in [0.4, 0.5) is 0 Å². The minimum atomic E-state index is -0.804. The number of hydrogen-bond acceptors (Lipinski definition) is 4. The maximum atomic E-state index is 9.55. The monoisotopic (exact) mass is 212 g/mol. The number of imidazole rings is 1. The van der Waals surface area contributed by atoms with E-state index in [0.29, 0.717) is 16.5 Å². The Labute approximate surface area is 85.2 Å². The standard InChI is InChI=1S/C8H9ClN4O/c9-8-12-7(6(14)3-10)5-4-11-1-2-13(5)8/h1-2,4,6,14H,3,10H2. The van der Waals surface area contributed by atoms with Crippen molar-refractivity contribution in [1.82, 2.24) is 14.4 Å². The van der Waals surface area contributed by atoms with E-state index in [-0.39, 0.29) is 6.54 Å². The molecule has 2 heterocycles. The molecule has 2 rings (SSSR count). The van der Waals surface area contributed by atoms with Crippen molar-refractivity contribution >= 4 is 17.1 Å². The molecule has 2 aromatic heterocycles. The number of halogens is 1. The summed E-state index contributed by atoms with van der Waals surface area (Å²) < 4.78 is 1.64. The van der Waals surface area contributed by atoms with Crippen LogP contribution in [-0.4, -0.2) is 26.0 Å². The topological polar surface area (TPSA) is 76.4 Å². The quantitative estimate of drug-likeness (QED) is 0.755. The van der Waals surface area contributed by atoms with E-state index in [2.05, 4.69) is 9.97 Å². The van der Waals surface area contributed by atoms with Gasteiger partial charge in [0.05, 0.1) is 17.4 Å². The number of fused-ring (bicyclic) bond motifs is 1. The SMILES string of the molecule is NCC(O)c1nc(Cl)n2ccncc12. The van der Waals surface area contributed by atoms with Crippen molar-refractivity contribution in [1.29, 1.82) is 0 Å². The zero-order valence-corrected chi connectivity index (χ0v) is 8.02. The molecule has 0 fully saturated rings. The molecule has 74 valence electrons. The lowest BCUT2D eigenvalue weighted by molar-refractivity contribution is 0.184. The molecule has 2 aromatic rings. The lowest BCUT2D eigenvalue weighted by Gasteiger charge is -2.03. The predicted octanol–water partition coefficient (Wildman–Crippen LogP) is 0.375. The minimum absolute atomic E-state index is 0.109. The highest BCUT2D eigenvalue weighted by atomic mass is 35.5. The Balaban J connectivity index is 2.66. The molecular weight excluding hydrogens is 204 g/mol. The van der Waals surface area contributed by atoms with Crippen LogP contribution < -0.4 is 5.73 Å². The first-order chi connectivity index (χ1) is 6.74. The largest absolute Gasteiger partial charge is 0.385 e. The first-order valence-electron chi connectivity index (χ1n) is 4.09. The van der Waals surface area contributed by atoms with Crippen LogP contribution in [0.15, 0.2) is 18.6 Å². The molecule has 6 heteroatoms. The Kier molecular flexibility index (Phi) is 2.37. The summed E-state index contributed by atoms with van der Waals surface area (Å²) in [5, 5.41) is 9.85. The zero-order valence-electron chi connectivity index (χ0n) is 7.26. The number of aliphatic hydroxyl groups is 1. The second kappa shape index (κ2) is 3.53. The van der Waals surface area contributed by atoms with E-state index in [1.807, 2.05) is 0 Å². The predicted molar refractivity (Wildman–Crippen MR) is 52.0 cm³/mol. The summed E-state index contributed by atoms with van der Waals surface area (Å²) in [5.41, 5.74) is 6.48. The van der Waals surface area contributed by atoms with E-state index >= 15 is 0 Å². The molecule has 1 unspecified atom stereocenters. The Morgan fingerprint density at radius 3 is 3.14 bits per heavy atom. The maximum absolute atomic E-state index is 9.55. The molecule has 5 nitrogen and oxygen atoms in total. The highest BCUT2D eigenvalue weighted by molar-refractivity contribution is 6.28. The summed E-state index contributed by atoms with van der Waals surface area (Å²) in [6.45, 7) is 0.109. The van der Waals surface area contributed by atoms with Gasteiger partial charge in [0, 0.05) is 18.9 Å². The van der Waals surface area contributed by atoms with E-state index in [9.17, 15) is 5.11 Å². The summed E-state index contributed by atoms with van der Waals surface area (Å²) >= 11 is 5.85. The van der Waals surface area contributed by atoms with Gasteiger partial charge in [0.15, 0.2) is 0 Å². The van der Waals surface area contributed by atoms with Crippen molar-refractivity contribution < 1.29 is 5.11 Å². The average Bonchev–Trinajstić information content (AvgIpc) is 2.56. The summed E-state index contributed by atoms with van der Waals surface area (Å²) in [6, 6.07) is 0. The van der Waals surface area contributed by atoms with Gasteiger partial charge < -0.3 is 10.8 Å². The van der Waals surface area contributed by atoms with E-state index < -0.39 is 6.10 Å². The van der Waals surface area contributed by atoms with Gasteiger partial charge in [-0.2, -0.15) is 0 Å². The lowest BCUT2D eigenvalue weighted by atomic mass is 10.2. The van der Waals surface area contributed by atoms with Gasteiger partial charge in [0.25, 0.3) is 0 Å². The van der Waals surface area contributed by atoms with E-state index in [1.165, 1.54) is 0 Å². The molecular formula is C8H9ClN4O. The van der Waals surface area contributed by atoms with Gasteiger partial charge in [-0.3, -0.25) is 9.38 Å². The molecule has 0 spiro atoms. The summed E-state index contributed by atoms with van der Waals surface area (Å²) in [4.78, 5) is 7.95. The average molecular weight is 213 g/mol. The van der Waals surface area contributed by atoms with Crippen LogP contribution in [0.1, 0.15) is 11.8 Å². The van der Waals surface area contributed by atoms with Crippen molar-refractivity contribution in [2.75, 3.05) is 6.54 Å². The minimum Gasteiger partial charge on any atom is -0.385 e. The molecule has 0 aliphatic heterocycles. The number of hydrogen-bond donors (Lipinski definition) is 2. The van der Waals surface area contributed by atoms with Gasteiger partial charge >= 0.3 is 0 Å². The molecule has 0 amide bonds. The molecule has 0 radical (unpaired) electrons. The van der Waals surface area contributed by atoms with Gasteiger partial charge in [0.2, 0.25) is 5.28 Å². The molecule has 0 saturated carbocycles. The third kappa shape index (κ3) is 1.35. The van der Waals surface area contributed by atoms with Crippen LogP contribution in [0.5, 0.6) is 0 Å². The van der Waals surface area contributed by atoms with E-state index in [4.69, 9.17) is 17.3 Å². The number of rotatable bonds is 2. The fraction of sp³-hybridized carbons (Fsp3) is 0.250. The van der Waals surface area contributed by atoms with Crippen LogP contribution >= 0.6 is 11.6 Å². The fourth-order valence-corrected chi connectivity index (χ4v) is 1.52. The smallest absolute Gasteiger partial charge is 0.207 e. The second-order valence-corrected chi connectivity index (χ2v) is 3.19. The Morgan fingerprint density at radius 2 is 2.43 bits per heavy atom. The van der Waals surface area contributed by atoms with Gasteiger partial charge in [-0.1, -0.05) is 0 Å². The molecule has 0 aromatic carbocycles. The van der Waals surface area contributed by atoms with Crippen molar-refractivity contribution in [3.8, 4) is 0 Å². The van der Waals surface area contributed by atoms with Gasteiger partial charge in [-0.15, -0.1) is 0 Å². The van der Waals surface area contributed by atoms with Crippen LogP contribution in [0.2, 0.25) is 5.28 Å².